The first-order valence-electron chi connectivity index (χ1n) is 6.72. The molecule has 0 aromatic carbocycles. The van der Waals surface area contributed by atoms with Crippen molar-refractivity contribution in [3.63, 3.8) is 0 Å². The number of nitrogens with one attached hydrogen (secondary N) is 1. The van der Waals surface area contributed by atoms with Gasteiger partial charge in [0.1, 0.15) is 0 Å². The summed E-state index contributed by atoms with van der Waals surface area (Å²) in [5.41, 5.74) is 8.07. The van der Waals surface area contributed by atoms with Crippen molar-refractivity contribution in [1.82, 2.24) is 10.4 Å². The minimum atomic E-state index is -0.975. The number of nitrogens with zero attached hydrogens (tertiary/aromatic N) is 4. The van der Waals surface area contributed by atoms with Crippen LogP contribution in [-0.2, 0) is 19.2 Å². The number of azide groups is 1. The van der Waals surface area contributed by atoms with Gasteiger partial charge in [0.05, 0.1) is 18.2 Å². The Hall–Kier alpha value is -2.32. The molecule has 0 aromatic rings. The number of hydrogen-bond donors (Lipinski definition) is 1. The molecule has 1 aliphatic rings. The molecule has 1 atom stereocenters. The molecule has 0 unspecified atom stereocenters. The molecule has 1 saturated heterocycles. The van der Waals surface area contributed by atoms with E-state index >= 15 is 0 Å². The molecule has 0 saturated carbocycles. The zero-order valence-electron chi connectivity index (χ0n) is 12.7. The van der Waals surface area contributed by atoms with E-state index in [1.807, 2.05) is 20.8 Å². The molecule has 1 heterocycles. The Labute approximate surface area is 127 Å². The third kappa shape index (κ3) is 5.98. The summed E-state index contributed by atoms with van der Waals surface area (Å²) >= 11 is 0. The van der Waals surface area contributed by atoms with Crippen molar-refractivity contribution in [2.75, 3.05) is 13.2 Å². The highest BCUT2D eigenvalue weighted by Gasteiger charge is 2.32. The Morgan fingerprint density at radius 3 is 2.50 bits per heavy atom. The second-order valence-corrected chi connectivity index (χ2v) is 5.62. The van der Waals surface area contributed by atoms with Gasteiger partial charge in [0.2, 0.25) is 0 Å². The van der Waals surface area contributed by atoms with Crippen molar-refractivity contribution in [3.05, 3.63) is 10.4 Å². The summed E-state index contributed by atoms with van der Waals surface area (Å²) in [7, 11) is 0. The average Bonchev–Trinajstić information content (AvgIpc) is 2.73. The molecule has 3 amide bonds. The Morgan fingerprint density at radius 1 is 1.41 bits per heavy atom. The molecule has 0 radical (unpaired) electrons. The SMILES string of the molecule is CC(C)(C)OC[C@@H](CNC(=O)ON1C(=O)CCC1=O)N=[N+]=[N-]. The minimum Gasteiger partial charge on any atom is -0.375 e. The molecule has 22 heavy (non-hydrogen) atoms. The Balaban J connectivity index is 2.43. The number of hydrogen-bond acceptors (Lipinski definition) is 6. The van der Waals surface area contributed by atoms with Gasteiger partial charge in [-0.3, -0.25) is 9.59 Å². The van der Waals surface area contributed by atoms with E-state index in [1.54, 1.807) is 0 Å². The highest BCUT2D eigenvalue weighted by molar-refractivity contribution is 6.01. The number of hydroxylamine groups is 2. The van der Waals surface area contributed by atoms with Crippen LogP contribution in [0.2, 0.25) is 0 Å². The first-order valence-corrected chi connectivity index (χ1v) is 6.72. The smallest absolute Gasteiger partial charge is 0.375 e. The number of carbonyl (C=O) groups excluding carboxylic acids is 3. The van der Waals surface area contributed by atoms with E-state index in [9.17, 15) is 14.4 Å². The molecule has 10 nitrogen and oxygen atoms in total. The quantitative estimate of drug-likeness (QED) is 0.341. The van der Waals surface area contributed by atoms with Gasteiger partial charge in [-0.2, -0.15) is 0 Å². The van der Waals surface area contributed by atoms with Crippen LogP contribution in [-0.4, -0.2) is 47.8 Å². The Kier molecular flexibility index (Phi) is 6.14. The predicted octanol–water partition coefficient (Wildman–Crippen LogP) is 1.27. The van der Waals surface area contributed by atoms with E-state index in [0.29, 0.717) is 5.06 Å². The number of carbonyl (C=O) groups is 3. The molecule has 1 aliphatic heterocycles. The molecule has 0 aliphatic carbocycles. The molecule has 10 heteroatoms. The lowest BCUT2D eigenvalue weighted by atomic mass is 10.2. The molecule has 0 aromatic heterocycles. The van der Waals surface area contributed by atoms with Gasteiger partial charge in [-0.25, -0.2) is 4.79 Å². The first kappa shape index (κ1) is 17.7. The van der Waals surface area contributed by atoms with Crippen molar-refractivity contribution in [2.24, 2.45) is 5.11 Å². The third-order valence-corrected chi connectivity index (χ3v) is 2.59. The van der Waals surface area contributed by atoms with Crippen LogP contribution < -0.4 is 5.32 Å². The van der Waals surface area contributed by atoms with Gasteiger partial charge in [-0.1, -0.05) is 5.11 Å². The summed E-state index contributed by atoms with van der Waals surface area (Å²) in [4.78, 5) is 41.4. The van der Waals surface area contributed by atoms with Crippen LogP contribution in [0.3, 0.4) is 0 Å². The van der Waals surface area contributed by atoms with Crippen molar-refractivity contribution in [3.8, 4) is 0 Å². The molecule has 0 bridgehead atoms. The average molecular weight is 313 g/mol. The predicted molar refractivity (Wildman–Crippen MR) is 74.2 cm³/mol. The topological polar surface area (TPSA) is 134 Å². The Bertz CT molecular complexity index is 479. The van der Waals surface area contributed by atoms with Crippen LogP contribution in [0.4, 0.5) is 4.79 Å². The number of amides is 3. The van der Waals surface area contributed by atoms with E-state index in [4.69, 9.17) is 10.3 Å². The van der Waals surface area contributed by atoms with Gasteiger partial charge in [0.25, 0.3) is 11.8 Å². The lowest BCUT2D eigenvalue weighted by Gasteiger charge is -2.22. The highest BCUT2D eigenvalue weighted by Crippen LogP contribution is 2.12. The maximum Gasteiger partial charge on any atom is 0.432 e. The second kappa shape index (κ2) is 7.62. The van der Waals surface area contributed by atoms with Gasteiger partial charge < -0.3 is 14.9 Å². The van der Waals surface area contributed by atoms with Crippen LogP contribution in [0.1, 0.15) is 33.6 Å². The van der Waals surface area contributed by atoms with E-state index in [1.165, 1.54) is 0 Å². The van der Waals surface area contributed by atoms with Crippen LogP contribution >= 0.6 is 0 Å². The zero-order valence-corrected chi connectivity index (χ0v) is 12.7. The normalized spacial score (nSPS) is 16.2. The molecule has 1 rings (SSSR count). The first-order chi connectivity index (χ1) is 10.2. The monoisotopic (exact) mass is 313 g/mol. The second-order valence-electron chi connectivity index (χ2n) is 5.62. The Morgan fingerprint density at radius 2 is 2.00 bits per heavy atom. The summed E-state index contributed by atoms with van der Waals surface area (Å²) in [6, 6.07) is -0.637. The minimum absolute atomic E-state index is 0.0207. The molecule has 122 valence electrons. The van der Waals surface area contributed by atoms with E-state index in [0.717, 1.165) is 0 Å². The summed E-state index contributed by atoms with van der Waals surface area (Å²) in [5, 5.41) is 6.25. The maximum absolute atomic E-state index is 11.5. The summed E-state index contributed by atoms with van der Waals surface area (Å²) in [6.45, 7) is 5.58. The van der Waals surface area contributed by atoms with E-state index < -0.39 is 29.6 Å². The number of rotatable bonds is 6. The third-order valence-electron chi connectivity index (χ3n) is 2.59. The van der Waals surface area contributed by atoms with Crippen LogP contribution in [0.15, 0.2) is 5.11 Å². The largest absolute Gasteiger partial charge is 0.432 e. The standard InChI is InChI=1S/C12H19N5O5/c1-12(2,3)21-7-8(15-16-13)6-14-11(20)22-17-9(18)4-5-10(17)19/h8H,4-7H2,1-3H3,(H,14,20)/t8-/m1/s1. The van der Waals surface area contributed by atoms with Crippen molar-refractivity contribution >= 4 is 17.9 Å². The van der Waals surface area contributed by atoms with Gasteiger partial charge in [0.15, 0.2) is 0 Å². The fourth-order valence-electron chi connectivity index (χ4n) is 1.53. The molecule has 1 fully saturated rings. The molecular formula is C12H19N5O5. The van der Waals surface area contributed by atoms with E-state index in [2.05, 4.69) is 20.2 Å². The van der Waals surface area contributed by atoms with Gasteiger partial charge >= 0.3 is 6.09 Å². The molecular weight excluding hydrogens is 294 g/mol. The zero-order chi connectivity index (χ0) is 16.8. The summed E-state index contributed by atoms with van der Waals surface area (Å²) in [5.74, 6) is -1.13. The van der Waals surface area contributed by atoms with E-state index in [-0.39, 0.29) is 26.0 Å². The fraction of sp³-hybridized carbons (Fsp3) is 0.750. The fourth-order valence-corrected chi connectivity index (χ4v) is 1.53. The lowest BCUT2D eigenvalue weighted by Crippen LogP contribution is -2.40. The summed E-state index contributed by atoms with van der Waals surface area (Å²) < 4.78 is 5.47. The van der Waals surface area contributed by atoms with Crippen LogP contribution in [0.5, 0.6) is 0 Å². The van der Waals surface area contributed by atoms with Gasteiger partial charge in [0, 0.05) is 24.3 Å². The van der Waals surface area contributed by atoms with Crippen molar-refractivity contribution in [1.29, 1.82) is 0 Å². The van der Waals surface area contributed by atoms with Crippen molar-refractivity contribution in [2.45, 2.75) is 45.3 Å². The highest BCUT2D eigenvalue weighted by atomic mass is 16.7. The number of ether oxygens (including phenoxy) is 1. The van der Waals surface area contributed by atoms with Crippen LogP contribution in [0, 0.1) is 0 Å². The summed E-state index contributed by atoms with van der Waals surface area (Å²) in [6.07, 6.45) is -0.933. The number of imide groups is 1. The molecule has 1 N–H and O–H groups in total. The maximum atomic E-state index is 11.5. The molecule has 0 spiro atoms. The lowest BCUT2D eigenvalue weighted by molar-refractivity contribution is -0.171. The van der Waals surface area contributed by atoms with Crippen molar-refractivity contribution < 1.29 is 24.0 Å². The van der Waals surface area contributed by atoms with Gasteiger partial charge in [-0.15, -0.1) is 5.06 Å². The van der Waals surface area contributed by atoms with Crippen LogP contribution in [0.25, 0.3) is 10.4 Å². The van der Waals surface area contributed by atoms with Gasteiger partial charge in [-0.05, 0) is 26.3 Å².